The monoisotopic (exact) mass is 332 g/mol. The zero-order valence-electron chi connectivity index (χ0n) is 15.3. The van der Waals surface area contributed by atoms with Gasteiger partial charge >= 0.3 is 6.03 Å². The van der Waals surface area contributed by atoms with E-state index in [1.165, 1.54) is 0 Å². The number of nitrogens with one attached hydrogen (secondary N) is 2. The normalized spacial score (nSPS) is 14.5. The van der Waals surface area contributed by atoms with Gasteiger partial charge in [-0.3, -0.25) is 4.79 Å². The topological polar surface area (TPSA) is 64.7 Å². The number of benzene rings is 1. The molecule has 1 aromatic rings. The molecule has 0 spiro atoms. The number of urea groups is 1. The van der Waals surface area contributed by atoms with Crippen LogP contribution in [-0.4, -0.2) is 49.6 Å². The number of carbonyl (C=O) groups excluding carboxylic acids is 2. The lowest BCUT2D eigenvalue weighted by Gasteiger charge is -2.23. The second-order valence-corrected chi connectivity index (χ2v) is 7.45. The average Bonchev–Trinajstić information content (AvgIpc) is 2.98. The van der Waals surface area contributed by atoms with Crippen molar-refractivity contribution in [3.05, 3.63) is 23.8 Å². The molecule has 132 valence electrons. The second kappa shape index (κ2) is 7.11. The molecule has 1 heterocycles. The summed E-state index contributed by atoms with van der Waals surface area (Å²) in [6.07, 6.45) is 2.10. The quantitative estimate of drug-likeness (QED) is 0.894. The molecule has 24 heavy (non-hydrogen) atoms. The van der Waals surface area contributed by atoms with Crippen LogP contribution in [0.4, 0.5) is 16.2 Å². The van der Waals surface area contributed by atoms with Crippen molar-refractivity contribution in [1.82, 2.24) is 10.2 Å². The Morgan fingerprint density at radius 2 is 1.75 bits per heavy atom. The Bertz CT molecular complexity index is 614. The van der Waals surface area contributed by atoms with E-state index in [4.69, 9.17) is 0 Å². The molecule has 3 amide bonds. The molecule has 0 unspecified atom stereocenters. The van der Waals surface area contributed by atoms with Crippen LogP contribution in [0.2, 0.25) is 0 Å². The van der Waals surface area contributed by atoms with Gasteiger partial charge in [0.25, 0.3) is 5.91 Å². The Balaban J connectivity index is 2.24. The number of carbonyl (C=O) groups is 2. The Morgan fingerprint density at radius 3 is 2.29 bits per heavy atom. The summed E-state index contributed by atoms with van der Waals surface area (Å²) < 4.78 is 0. The first-order valence-electron chi connectivity index (χ1n) is 8.37. The van der Waals surface area contributed by atoms with Gasteiger partial charge in [0.05, 0.1) is 5.56 Å². The molecule has 0 saturated carbocycles. The van der Waals surface area contributed by atoms with E-state index in [0.717, 1.165) is 31.6 Å². The number of nitrogens with zero attached hydrogens (tertiary/aromatic N) is 2. The lowest BCUT2D eigenvalue weighted by Crippen LogP contribution is -2.43. The minimum Gasteiger partial charge on any atom is -0.377 e. The lowest BCUT2D eigenvalue weighted by atomic mass is 10.1. The first kappa shape index (κ1) is 18.1. The fourth-order valence-electron chi connectivity index (χ4n) is 2.77. The summed E-state index contributed by atoms with van der Waals surface area (Å²) in [6.45, 7) is 7.36. The summed E-state index contributed by atoms with van der Waals surface area (Å²) in [5, 5.41) is 5.66. The van der Waals surface area contributed by atoms with E-state index in [0.29, 0.717) is 11.3 Å². The molecule has 6 heteroatoms. The van der Waals surface area contributed by atoms with Crippen molar-refractivity contribution in [3.8, 4) is 0 Å². The van der Waals surface area contributed by atoms with Crippen molar-refractivity contribution in [2.24, 2.45) is 0 Å². The highest BCUT2D eigenvalue weighted by Gasteiger charge is 2.23. The first-order chi connectivity index (χ1) is 11.2. The van der Waals surface area contributed by atoms with Gasteiger partial charge in [-0.05, 0) is 51.8 Å². The molecule has 6 nitrogen and oxygen atoms in total. The molecule has 0 aromatic heterocycles. The highest BCUT2D eigenvalue weighted by atomic mass is 16.2. The molecule has 1 saturated heterocycles. The molecule has 0 atom stereocenters. The van der Waals surface area contributed by atoms with Crippen LogP contribution in [0.3, 0.4) is 0 Å². The molecular weight excluding hydrogens is 304 g/mol. The van der Waals surface area contributed by atoms with Gasteiger partial charge in [-0.2, -0.15) is 0 Å². The number of amides is 3. The Kier molecular flexibility index (Phi) is 5.36. The molecule has 0 aliphatic carbocycles. The number of anilines is 2. The lowest BCUT2D eigenvalue weighted by molar-refractivity contribution is 0.0793. The van der Waals surface area contributed by atoms with Gasteiger partial charge in [-0.15, -0.1) is 0 Å². The molecule has 0 radical (unpaired) electrons. The molecule has 2 N–H and O–H groups in total. The number of rotatable bonds is 3. The molecule has 1 aliphatic rings. The summed E-state index contributed by atoms with van der Waals surface area (Å²) in [5.41, 5.74) is 1.77. The van der Waals surface area contributed by atoms with Crippen molar-refractivity contribution < 1.29 is 9.59 Å². The Hall–Kier alpha value is -2.24. The first-order valence-corrected chi connectivity index (χ1v) is 8.37. The van der Waals surface area contributed by atoms with E-state index in [2.05, 4.69) is 10.6 Å². The number of hydrogen-bond acceptors (Lipinski definition) is 3. The molecule has 1 fully saturated rings. The zero-order chi connectivity index (χ0) is 17.9. The van der Waals surface area contributed by atoms with Crippen LogP contribution < -0.4 is 15.5 Å². The van der Waals surface area contributed by atoms with Gasteiger partial charge in [0.15, 0.2) is 0 Å². The van der Waals surface area contributed by atoms with Gasteiger partial charge in [0, 0.05) is 44.1 Å². The summed E-state index contributed by atoms with van der Waals surface area (Å²) in [6, 6.07) is 5.17. The Labute approximate surface area is 144 Å². The van der Waals surface area contributed by atoms with Crippen LogP contribution >= 0.6 is 0 Å². The molecule has 1 aliphatic heterocycles. The van der Waals surface area contributed by atoms with Crippen LogP contribution in [0.1, 0.15) is 44.0 Å². The maximum absolute atomic E-state index is 12.8. The van der Waals surface area contributed by atoms with E-state index < -0.39 is 0 Å². The Morgan fingerprint density at radius 1 is 1.12 bits per heavy atom. The predicted molar refractivity (Wildman–Crippen MR) is 97.8 cm³/mol. The molecule has 1 aromatic carbocycles. The highest BCUT2D eigenvalue weighted by molar-refractivity contribution is 6.02. The third-order valence-corrected chi connectivity index (χ3v) is 3.85. The van der Waals surface area contributed by atoms with E-state index in [-0.39, 0.29) is 17.5 Å². The van der Waals surface area contributed by atoms with Gasteiger partial charge in [0.2, 0.25) is 0 Å². The average molecular weight is 332 g/mol. The van der Waals surface area contributed by atoms with Crippen molar-refractivity contribution in [2.75, 3.05) is 37.4 Å². The van der Waals surface area contributed by atoms with E-state index in [9.17, 15) is 9.59 Å². The maximum Gasteiger partial charge on any atom is 0.319 e. The standard InChI is InChI=1S/C18H28N4O2/c1-18(2,3)20-17(24)19-13-8-9-15(21(4)5)14(12-13)16(23)22-10-6-7-11-22/h8-9,12H,6-7,10-11H2,1-5H3,(H2,19,20,24). The van der Waals surface area contributed by atoms with Crippen LogP contribution in [0, 0.1) is 0 Å². The summed E-state index contributed by atoms with van der Waals surface area (Å²) in [5.74, 6) is 0.0241. The fraction of sp³-hybridized carbons (Fsp3) is 0.556. The minimum atomic E-state index is -0.318. The fourth-order valence-corrected chi connectivity index (χ4v) is 2.77. The van der Waals surface area contributed by atoms with E-state index in [1.807, 2.05) is 56.8 Å². The molecule has 0 bridgehead atoms. The highest BCUT2D eigenvalue weighted by Crippen LogP contribution is 2.26. The van der Waals surface area contributed by atoms with Gasteiger partial charge in [-0.25, -0.2) is 4.79 Å². The van der Waals surface area contributed by atoms with Crippen LogP contribution in [-0.2, 0) is 0 Å². The maximum atomic E-state index is 12.8. The zero-order valence-corrected chi connectivity index (χ0v) is 15.3. The van der Waals surface area contributed by atoms with Crippen LogP contribution in [0.25, 0.3) is 0 Å². The number of likely N-dealkylation sites (tertiary alicyclic amines) is 1. The summed E-state index contributed by atoms with van der Waals surface area (Å²) in [4.78, 5) is 28.7. The molecular formula is C18H28N4O2. The predicted octanol–water partition coefficient (Wildman–Crippen LogP) is 2.91. The SMILES string of the molecule is CN(C)c1ccc(NC(=O)NC(C)(C)C)cc1C(=O)N1CCCC1. The van der Waals surface area contributed by atoms with Crippen LogP contribution in [0.5, 0.6) is 0 Å². The van der Waals surface area contributed by atoms with Crippen molar-refractivity contribution in [1.29, 1.82) is 0 Å². The van der Waals surface area contributed by atoms with E-state index in [1.54, 1.807) is 6.07 Å². The van der Waals surface area contributed by atoms with Crippen molar-refractivity contribution in [3.63, 3.8) is 0 Å². The van der Waals surface area contributed by atoms with E-state index >= 15 is 0 Å². The van der Waals surface area contributed by atoms with Gasteiger partial charge in [-0.1, -0.05) is 0 Å². The summed E-state index contributed by atoms with van der Waals surface area (Å²) in [7, 11) is 3.82. The van der Waals surface area contributed by atoms with Gasteiger partial charge in [0.1, 0.15) is 0 Å². The third-order valence-electron chi connectivity index (χ3n) is 3.85. The van der Waals surface area contributed by atoms with Crippen molar-refractivity contribution >= 4 is 23.3 Å². The smallest absolute Gasteiger partial charge is 0.319 e. The third kappa shape index (κ3) is 4.63. The van der Waals surface area contributed by atoms with Crippen molar-refractivity contribution in [2.45, 2.75) is 39.2 Å². The van der Waals surface area contributed by atoms with Gasteiger partial charge < -0.3 is 20.4 Å². The largest absolute Gasteiger partial charge is 0.377 e. The second-order valence-electron chi connectivity index (χ2n) is 7.45. The molecule has 2 rings (SSSR count). The number of hydrogen-bond donors (Lipinski definition) is 2. The minimum absolute atomic E-state index is 0.0241. The van der Waals surface area contributed by atoms with Crippen LogP contribution in [0.15, 0.2) is 18.2 Å². The summed E-state index contributed by atoms with van der Waals surface area (Å²) >= 11 is 0.